The first-order valence-corrected chi connectivity index (χ1v) is 8.52. The second-order valence-electron chi connectivity index (χ2n) is 6.16. The average Bonchev–Trinajstić information content (AvgIpc) is 3.16. The Bertz CT molecular complexity index is 940. The number of nitrogens with zero attached hydrogens (tertiary/aromatic N) is 5. The molecule has 0 fully saturated rings. The Morgan fingerprint density at radius 1 is 1.26 bits per heavy atom. The molecule has 3 aromatic rings. The predicted molar refractivity (Wildman–Crippen MR) is 94.3 cm³/mol. The van der Waals surface area contributed by atoms with Crippen LogP contribution in [0.1, 0.15) is 21.9 Å². The van der Waals surface area contributed by atoms with E-state index >= 15 is 0 Å². The van der Waals surface area contributed by atoms with E-state index in [1.165, 1.54) is 0 Å². The van der Waals surface area contributed by atoms with E-state index in [9.17, 15) is 4.79 Å². The molecular formula is C18H18N6O3. The number of benzene rings is 1. The van der Waals surface area contributed by atoms with E-state index in [-0.39, 0.29) is 24.2 Å². The number of para-hydroxylation sites is 2. The van der Waals surface area contributed by atoms with Gasteiger partial charge in [-0.25, -0.2) is 4.68 Å². The third kappa shape index (κ3) is 4.02. The Kier molecular flexibility index (Phi) is 4.65. The highest BCUT2D eigenvalue weighted by Crippen LogP contribution is 2.31. The van der Waals surface area contributed by atoms with E-state index in [0.717, 1.165) is 11.4 Å². The molecule has 0 aliphatic carbocycles. The monoisotopic (exact) mass is 366 g/mol. The largest absolute Gasteiger partial charge is 0.486 e. The van der Waals surface area contributed by atoms with Gasteiger partial charge in [0.25, 0.3) is 5.91 Å². The van der Waals surface area contributed by atoms with Gasteiger partial charge in [0, 0.05) is 6.20 Å². The fourth-order valence-electron chi connectivity index (χ4n) is 2.63. The summed E-state index contributed by atoms with van der Waals surface area (Å²) in [5.74, 6) is 1.10. The molecule has 1 aliphatic heterocycles. The topological polar surface area (TPSA) is 104 Å². The van der Waals surface area contributed by atoms with E-state index in [2.05, 4.69) is 25.6 Å². The fourth-order valence-corrected chi connectivity index (χ4v) is 2.63. The standard InChI is InChI=1S/C18H18N6O3/c1-12-6-20-13(7-19-12)8-21-18(25)15-10-24(23-22-15)9-14-11-26-16-4-2-3-5-17(16)27-14/h2-7,10,14H,8-9,11H2,1H3,(H,21,25). The SMILES string of the molecule is Cc1cnc(CNC(=O)c2cn(CC3COc4ccccc4O3)nn2)cn1. The second-order valence-corrected chi connectivity index (χ2v) is 6.16. The van der Waals surface area contributed by atoms with Gasteiger partial charge in [0.1, 0.15) is 6.61 Å². The zero-order valence-corrected chi connectivity index (χ0v) is 14.7. The van der Waals surface area contributed by atoms with Crippen molar-refractivity contribution in [2.75, 3.05) is 6.61 Å². The molecule has 0 radical (unpaired) electrons. The summed E-state index contributed by atoms with van der Waals surface area (Å²) in [5, 5.41) is 10.7. The lowest BCUT2D eigenvalue weighted by atomic mass is 10.2. The molecule has 0 saturated carbocycles. The van der Waals surface area contributed by atoms with E-state index in [1.54, 1.807) is 23.3 Å². The highest BCUT2D eigenvalue weighted by atomic mass is 16.6. The zero-order valence-electron chi connectivity index (χ0n) is 14.7. The Hall–Kier alpha value is -3.49. The minimum atomic E-state index is -0.324. The number of ether oxygens (including phenoxy) is 2. The minimum absolute atomic E-state index is 0.208. The molecule has 1 N–H and O–H groups in total. The molecule has 1 unspecified atom stereocenters. The molecule has 2 aromatic heterocycles. The predicted octanol–water partition coefficient (Wildman–Crippen LogP) is 1.15. The van der Waals surface area contributed by atoms with Crippen molar-refractivity contribution in [2.45, 2.75) is 26.1 Å². The minimum Gasteiger partial charge on any atom is -0.486 e. The molecule has 1 aromatic carbocycles. The van der Waals surface area contributed by atoms with E-state index in [4.69, 9.17) is 9.47 Å². The van der Waals surface area contributed by atoms with Gasteiger partial charge in [-0.3, -0.25) is 14.8 Å². The molecule has 1 amide bonds. The van der Waals surface area contributed by atoms with Crippen molar-refractivity contribution in [3.8, 4) is 11.5 Å². The summed E-state index contributed by atoms with van der Waals surface area (Å²) >= 11 is 0. The van der Waals surface area contributed by atoms with Crippen LogP contribution in [0.25, 0.3) is 0 Å². The van der Waals surface area contributed by atoms with Crippen LogP contribution in [-0.4, -0.2) is 43.6 Å². The number of aromatic nitrogens is 5. The molecule has 9 nitrogen and oxygen atoms in total. The van der Waals surface area contributed by atoms with Crippen molar-refractivity contribution in [1.29, 1.82) is 0 Å². The maximum atomic E-state index is 12.2. The number of hydrogen-bond donors (Lipinski definition) is 1. The number of rotatable bonds is 5. The van der Waals surface area contributed by atoms with Crippen molar-refractivity contribution < 1.29 is 14.3 Å². The summed E-state index contributed by atoms with van der Waals surface area (Å²) < 4.78 is 13.1. The zero-order chi connectivity index (χ0) is 18.6. The van der Waals surface area contributed by atoms with Crippen LogP contribution in [0.5, 0.6) is 11.5 Å². The first kappa shape index (κ1) is 17.0. The first-order chi connectivity index (χ1) is 13.2. The third-order valence-corrected chi connectivity index (χ3v) is 3.99. The molecular weight excluding hydrogens is 348 g/mol. The van der Waals surface area contributed by atoms with Gasteiger partial charge in [-0.05, 0) is 19.1 Å². The van der Waals surface area contributed by atoms with Crippen LogP contribution < -0.4 is 14.8 Å². The molecule has 1 aliphatic rings. The number of fused-ring (bicyclic) bond motifs is 1. The molecule has 9 heteroatoms. The number of carbonyl (C=O) groups excluding carboxylic acids is 1. The lowest BCUT2D eigenvalue weighted by Crippen LogP contribution is -2.33. The Morgan fingerprint density at radius 2 is 2.11 bits per heavy atom. The highest BCUT2D eigenvalue weighted by Gasteiger charge is 2.22. The molecule has 0 saturated heterocycles. The summed E-state index contributed by atoms with van der Waals surface area (Å²) in [4.78, 5) is 20.6. The lowest BCUT2D eigenvalue weighted by Gasteiger charge is -2.26. The number of aryl methyl sites for hydroxylation is 1. The number of nitrogens with one attached hydrogen (secondary N) is 1. The van der Waals surface area contributed by atoms with E-state index in [1.807, 2.05) is 31.2 Å². The summed E-state index contributed by atoms with van der Waals surface area (Å²) in [6.45, 7) is 2.96. The average molecular weight is 366 g/mol. The molecule has 3 heterocycles. The Morgan fingerprint density at radius 3 is 2.93 bits per heavy atom. The normalized spacial score (nSPS) is 15.4. The van der Waals surface area contributed by atoms with Crippen LogP contribution in [0.15, 0.2) is 42.9 Å². The van der Waals surface area contributed by atoms with Crippen LogP contribution in [-0.2, 0) is 13.1 Å². The van der Waals surface area contributed by atoms with E-state index in [0.29, 0.717) is 24.6 Å². The van der Waals surface area contributed by atoms with Crippen molar-refractivity contribution in [2.24, 2.45) is 0 Å². The van der Waals surface area contributed by atoms with Crippen LogP contribution >= 0.6 is 0 Å². The van der Waals surface area contributed by atoms with Gasteiger partial charge in [0.15, 0.2) is 23.3 Å². The summed E-state index contributed by atoms with van der Waals surface area (Å²) in [6, 6.07) is 7.51. The van der Waals surface area contributed by atoms with Gasteiger partial charge in [-0.1, -0.05) is 17.3 Å². The number of hydrogen-bond acceptors (Lipinski definition) is 7. The molecule has 0 spiro atoms. The smallest absolute Gasteiger partial charge is 0.273 e. The second kappa shape index (κ2) is 7.40. The highest BCUT2D eigenvalue weighted by molar-refractivity contribution is 5.91. The van der Waals surface area contributed by atoms with Crippen molar-refractivity contribution in [3.63, 3.8) is 0 Å². The lowest BCUT2D eigenvalue weighted by molar-refractivity contribution is 0.0754. The Balaban J connectivity index is 1.33. The number of carbonyl (C=O) groups is 1. The Labute approximate surface area is 155 Å². The van der Waals surface area contributed by atoms with Gasteiger partial charge >= 0.3 is 0 Å². The first-order valence-electron chi connectivity index (χ1n) is 8.52. The van der Waals surface area contributed by atoms with Crippen molar-refractivity contribution in [3.05, 3.63) is 59.9 Å². The van der Waals surface area contributed by atoms with E-state index < -0.39 is 0 Å². The van der Waals surface area contributed by atoms with Gasteiger partial charge in [0.2, 0.25) is 0 Å². The van der Waals surface area contributed by atoms with Gasteiger partial charge in [0.05, 0.1) is 36.9 Å². The van der Waals surface area contributed by atoms with Crippen molar-refractivity contribution in [1.82, 2.24) is 30.3 Å². The van der Waals surface area contributed by atoms with Gasteiger partial charge in [-0.2, -0.15) is 0 Å². The quantitative estimate of drug-likeness (QED) is 0.722. The van der Waals surface area contributed by atoms with Crippen LogP contribution in [0.2, 0.25) is 0 Å². The number of amides is 1. The molecule has 0 bridgehead atoms. The van der Waals surface area contributed by atoms with Crippen molar-refractivity contribution >= 4 is 5.91 Å². The molecule has 27 heavy (non-hydrogen) atoms. The summed E-state index contributed by atoms with van der Waals surface area (Å²) in [5.41, 5.74) is 1.73. The van der Waals surface area contributed by atoms with Crippen LogP contribution in [0, 0.1) is 6.92 Å². The molecule has 138 valence electrons. The van der Waals surface area contributed by atoms with Gasteiger partial charge in [-0.15, -0.1) is 5.10 Å². The maximum Gasteiger partial charge on any atom is 0.273 e. The van der Waals surface area contributed by atoms with Crippen LogP contribution in [0.3, 0.4) is 0 Å². The van der Waals surface area contributed by atoms with Crippen LogP contribution in [0.4, 0.5) is 0 Å². The third-order valence-electron chi connectivity index (χ3n) is 3.99. The summed E-state index contributed by atoms with van der Waals surface area (Å²) in [6.07, 6.45) is 4.66. The summed E-state index contributed by atoms with van der Waals surface area (Å²) in [7, 11) is 0. The van der Waals surface area contributed by atoms with Gasteiger partial charge < -0.3 is 14.8 Å². The maximum absolute atomic E-state index is 12.2. The molecule has 4 rings (SSSR count). The fraction of sp³-hybridized carbons (Fsp3) is 0.278. The molecule has 1 atom stereocenters.